The number of methoxy groups -OCH3 is 3. The molecule has 10 heteroatoms. The molecule has 2 aromatic rings. The average Bonchev–Trinajstić information content (AvgIpc) is 3.12. The number of nitrogens with one attached hydrogen (secondary N) is 1. The number of carbonyl (C=O) groups excluding carboxylic acids is 3. The van der Waals surface area contributed by atoms with E-state index in [9.17, 15) is 14.4 Å². The van der Waals surface area contributed by atoms with Crippen LogP contribution in [-0.2, 0) is 14.3 Å². The minimum atomic E-state index is -0.896. The lowest BCUT2D eigenvalue weighted by molar-refractivity contribution is -0.119. The summed E-state index contributed by atoms with van der Waals surface area (Å²) in [5, 5.41) is 10.2. The van der Waals surface area contributed by atoms with Crippen LogP contribution in [0.15, 0.2) is 24.3 Å². The van der Waals surface area contributed by atoms with Crippen molar-refractivity contribution < 1.29 is 28.6 Å². The first-order valence-corrected chi connectivity index (χ1v) is 8.03. The number of amides is 1. The summed E-state index contributed by atoms with van der Waals surface area (Å²) in [7, 11) is 3.84. The van der Waals surface area contributed by atoms with E-state index in [2.05, 4.69) is 20.4 Å². The molecule has 1 N–H and O–H groups in total. The van der Waals surface area contributed by atoms with Crippen molar-refractivity contribution >= 4 is 23.5 Å². The summed E-state index contributed by atoms with van der Waals surface area (Å²) in [6.45, 7) is 1.73. The summed E-state index contributed by atoms with van der Waals surface area (Å²) < 4.78 is 15.4. The summed E-state index contributed by atoms with van der Waals surface area (Å²) in [4.78, 5) is 36.7. The van der Waals surface area contributed by atoms with Crippen molar-refractivity contribution in [1.29, 1.82) is 0 Å². The van der Waals surface area contributed by atoms with Crippen LogP contribution in [0.5, 0.6) is 5.75 Å². The molecule has 0 bridgehead atoms. The maximum atomic E-state index is 12.7. The number of nitrogens with zero attached hydrogens (tertiary/aromatic N) is 3. The van der Waals surface area contributed by atoms with Gasteiger partial charge in [0.1, 0.15) is 11.8 Å². The van der Waals surface area contributed by atoms with E-state index >= 15 is 0 Å². The van der Waals surface area contributed by atoms with E-state index in [0.717, 1.165) is 18.9 Å². The molecular formula is C17H20N4O6. The SMILES string of the molecule is CC[C@H](C(=O)Nc1ccc(OC)cc1)n1nnc(C(=O)OC)c1C(=O)OC. The zero-order chi connectivity index (χ0) is 20.0. The predicted octanol–water partition coefficient (Wildman–Crippen LogP) is 1.45. The second kappa shape index (κ2) is 8.79. The van der Waals surface area contributed by atoms with Crippen molar-refractivity contribution in [3.05, 3.63) is 35.7 Å². The van der Waals surface area contributed by atoms with Crippen LogP contribution in [0.25, 0.3) is 0 Å². The Bertz CT molecular complexity index is 830. The Kier molecular flexibility index (Phi) is 6.47. The molecule has 0 aliphatic heterocycles. The van der Waals surface area contributed by atoms with Gasteiger partial charge in [0.05, 0.1) is 21.3 Å². The molecule has 27 heavy (non-hydrogen) atoms. The van der Waals surface area contributed by atoms with Crippen molar-refractivity contribution in [2.45, 2.75) is 19.4 Å². The summed E-state index contributed by atoms with van der Waals surface area (Å²) in [6, 6.07) is 5.84. The predicted molar refractivity (Wildman–Crippen MR) is 93.7 cm³/mol. The summed E-state index contributed by atoms with van der Waals surface area (Å²) in [5.74, 6) is -1.50. The fourth-order valence-electron chi connectivity index (χ4n) is 2.40. The molecule has 0 aliphatic rings. The summed E-state index contributed by atoms with van der Waals surface area (Å²) in [5.41, 5.74) is -0.0340. The number of hydrogen-bond acceptors (Lipinski definition) is 8. The highest BCUT2D eigenvalue weighted by atomic mass is 16.5. The topological polar surface area (TPSA) is 122 Å². The number of carbonyl (C=O) groups is 3. The molecule has 144 valence electrons. The molecule has 1 amide bonds. The maximum absolute atomic E-state index is 12.7. The van der Waals surface area contributed by atoms with Gasteiger partial charge < -0.3 is 19.5 Å². The number of esters is 2. The highest BCUT2D eigenvalue weighted by molar-refractivity contribution is 6.01. The van der Waals surface area contributed by atoms with Crippen LogP contribution in [0.4, 0.5) is 5.69 Å². The Hall–Kier alpha value is -3.43. The van der Waals surface area contributed by atoms with Crippen LogP contribution in [0.3, 0.4) is 0 Å². The molecule has 0 saturated heterocycles. The monoisotopic (exact) mass is 376 g/mol. The number of aromatic nitrogens is 3. The lowest BCUT2D eigenvalue weighted by atomic mass is 10.2. The van der Waals surface area contributed by atoms with Crippen LogP contribution in [0, 0.1) is 0 Å². The van der Waals surface area contributed by atoms with Gasteiger partial charge in [-0.25, -0.2) is 14.3 Å². The van der Waals surface area contributed by atoms with Crippen LogP contribution < -0.4 is 10.1 Å². The Morgan fingerprint density at radius 3 is 2.22 bits per heavy atom. The molecule has 0 spiro atoms. The zero-order valence-corrected chi connectivity index (χ0v) is 15.4. The lowest BCUT2D eigenvalue weighted by Crippen LogP contribution is -2.29. The van der Waals surface area contributed by atoms with Gasteiger partial charge in [-0.05, 0) is 30.7 Å². The smallest absolute Gasteiger partial charge is 0.361 e. The number of anilines is 1. The van der Waals surface area contributed by atoms with Crippen LogP contribution in [-0.4, -0.2) is 54.2 Å². The van der Waals surface area contributed by atoms with Crippen molar-refractivity contribution in [2.24, 2.45) is 0 Å². The van der Waals surface area contributed by atoms with E-state index < -0.39 is 23.9 Å². The molecule has 0 saturated carbocycles. The van der Waals surface area contributed by atoms with Gasteiger partial charge in [-0.1, -0.05) is 12.1 Å². The van der Waals surface area contributed by atoms with Gasteiger partial charge in [-0.2, -0.15) is 0 Å². The fraction of sp³-hybridized carbons (Fsp3) is 0.353. The molecule has 10 nitrogen and oxygen atoms in total. The van der Waals surface area contributed by atoms with Crippen molar-refractivity contribution in [2.75, 3.05) is 26.6 Å². The standard InChI is InChI=1S/C17H20N4O6/c1-5-12(15(22)18-10-6-8-11(25-2)9-7-10)21-14(17(24)27-4)13(19-20-21)16(23)26-3/h6-9,12H,5H2,1-4H3,(H,18,22)/t12-/m1/s1. The third-order valence-electron chi connectivity index (χ3n) is 3.79. The highest BCUT2D eigenvalue weighted by Gasteiger charge is 2.32. The Balaban J connectivity index is 2.35. The number of ether oxygens (including phenoxy) is 3. The minimum Gasteiger partial charge on any atom is -0.497 e. The summed E-state index contributed by atoms with van der Waals surface area (Å²) >= 11 is 0. The Morgan fingerprint density at radius 1 is 1.07 bits per heavy atom. The van der Waals surface area contributed by atoms with Crippen LogP contribution >= 0.6 is 0 Å². The molecule has 1 heterocycles. The van der Waals surface area contributed by atoms with Crippen LogP contribution in [0.2, 0.25) is 0 Å². The van der Waals surface area contributed by atoms with Crippen molar-refractivity contribution in [3.63, 3.8) is 0 Å². The van der Waals surface area contributed by atoms with Gasteiger partial charge in [0.2, 0.25) is 11.6 Å². The molecule has 1 aromatic carbocycles. The first-order chi connectivity index (χ1) is 13.0. The third-order valence-corrected chi connectivity index (χ3v) is 3.79. The largest absolute Gasteiger partial charge is 0.497 e. The third kappa shape index (κ3) is 4.22. The molecule has 0 unspecified atom stereocenters. The van der Waals surface area contributed by atoms with E-state index in [4.69, 9.17) is 9.47 Å². The minimum absolute atomic E-state index is 0.249. The molecular weight excluding hydrogens is 356 g/mol. The first-order valence-electron chi connectivity index (χ1n) is 8.03. The molecule has 1 aromatic heterocycles. The normalized spacial score (nSPS) is 11.4. The zero-order valence-electron chi connectivity index (χ0n) is 15.4. The van der Waals surface area contributed by atoms with E-state index in [-0.39, 0.29) is 17.8 Å². The van der Waals surface area contributed by atoms with Gasteiger partial charge >= 0.3 is 11.9 Å². The highest BCUT2D eigenvalue weighted by Crippen LogP contribution is 2.21. The average molecular weight is 376 g/mol. The van der Waals surface area contributed by atoms with Gasteiger partial charge in [0, 0.05) is 5.69 Å². The summed E-state index contributed by atoms with van der Waals surface area (Å²) in [6.07, 6.45) is 0.288. The molecule has 1 atom stereocenters. The lowest BCUT2D eigenvalue weighted by Gasteiger charge is -2.17. The first kappa shape index (κ1) is 19.9. The molecule has 2 rings (SSSR count). The van der Waals surface area contributed by atoms with E-state index in [1.54, 1.807) is 38.3 Å². The quantitative estimate of drug-likeness (QED) is 0.721. The van der Waals surface area contributed by atoms with E-state index in [1.807, 2.05) is 0 Å². The molecule has 0 aliphatic carbocycles. The number of benzene rings is 1. The maximum Gasteiger partial charge on any atom is 0.361 e. The van der Waals surface area contributed by atoms with E-state index in [0.29, 0.717) is 11.4 Å². The second-order valence-corrected chi connectivity index (χ2v) is 5.36. The number of rotatable bonds is 7. The van der Waals surface area contributed by atoms with Gasteiger partial charge in [-0.15, -0.1) is 5.10 Å². The Labute approximate surface area is 155 Å². The molecule has 0 radical (unpaired) electrons. The second-order valence-electron chi connectivity index (χ2n) is 5.36. The van der Waals surface area contributed by atoms with Crippen LogP contribution in [0.1, 0.15) is 40.4 Å². The van der Waals surface area contributed by atoms with Gasteiger partial charge in [-0.3, -0.25) is 4.79 Å². The van der Waals surface area contributed by atoms with Crippen molar-refractivity contribution in [1.82, 2.24) is 15.0 Å². The Morgan fingerprint density at radius 2 is 1.70 bits per heavy atom. The number of hydrogen-bond donors (Lipinski definition) is 1. The van der Waals surface area contributed by atoms with Gasteiger partial charge in [0.15, 0.2) is 5.69 Å². The van der Waals surface area contributed by atoms with E-state index in [1.165, 1.54) is 0 Å². The van der Waals surface area contributed by atoms with Gasteiger partial charge in [0.25, 0.3) is 0 Å². The van der Waals surface area contributed by atoms with Crippen molar-refractivity contribution in [3.8, 4) is 5.75 Å². The molecule has 0 fully saturated rings. The fourth-order valence-corrected chi connectivity index (χ4v) is 2.40.